The van der Waals surface area contributed by atoms with E-state index in [0.717, 1.165) is 31.9 Å². The van der Waals surface area contributed by atoms with E-state index in [0.29, 0.717) is 6.54 Å². The summed E-state index contributed by atoms with van der Waals surface area (Å²) in [6.07, 6.45) is -0.399. The molecule has 0 amide bonds. The fraction of sp³-hybridized carbons (Fsp3) is 0.600. The number of aliphatic hydroxyl groups is 1. The van der Waals surface area contributed by atoms with Crippen LogP contribution in [0.4, 0.5) is 0 Å². The first-order chi connectivity index (χ1) is 8.58. The van der Waals surface area contributed by atoms with Gasteiger partial charge in [0.25, 0.3) is 0 Å². The van der Waals surface area contributed by atoms with Crippen LogP contribution in [0.3, 0.4) is 0 Å². The zero-order chi connectivity index (χ0) is 13.1. The van der Waals surface area contributed by atoms with Gasteiger partial charge < -0.3 is 9.84 Å². The molecule has 18 heavy (non-hydrogen) atoms. The number of aliphatic hydroxyl groups excluding tert-OH is 1. The summed E-state index contributed by atoms with van der Waals surface area (Å²) in [5.41, 5.74) is 4.72. The summed E-state index contributed by atoms with van der Waals surface area (Å²) in [4.78, 5) is 2.27. The molecule has 0 bridgehead atoms. The first-order valence-electron chi connectivity index (χ1n) is 6.64. The van der Waals surface area contributed by atoms with Gasteiger partial charge >= 0.3 is 0 Å². The monoisotopic (exact) mass is 249 g/mol. The zero-order valence-corrected chi connectivity index (χ0v) is 11.6. The summed E-state index contributed by atoms with van der Waals surface area (Å²) in [6.45, 7) is 10.3. The number of nitrogens with zero attached hydrogens (tertiary/aromatic N) is 1. The lowest BCUT2D eigenvalue weighted by Crippen LogP contribution is -2.39. The van der Waals surface area contributed by atoms with Gasteiger partial charge in [0, 0.05) is 19.6 Å². The normalized spacial score (nSPS) is 18.9. The molecule has 1 saturated heterocycles. The Kier molecular flexibility index (Phi) is 4.38. The van der Waals surface area contributed by atoms with Crippen LogP contribution in [-0.2, 0) is 4.74 Å². The Bertz CT molecular complexity index is 388. The zero-order valence-electron chi connectivity index (χ0n) is 11.6. The number of hydrogen-bond donors (Lipinski definition) is 1. The third kappa shape index (κ3) is 3.10. The number of ether oxygens (including phenoxy) is 1. The first-order valence-corrected chi connectivity index (χ1v) is 6.64. The van der Waals surface area contributed by atoms with E-state index in [9.17, 15) is 5.11 Å². The maximum atomic E-state index is 10.4. The van der Waals surface area contributed by atoms with Crippen LogP contribution in [-0.4, -0.2) is 42.9 Å². The van der Waals surface area contributed by atoms with E-state index in [2.05, 4.69) is 37.8 Å². The van der Waals surface area contributed by atoms with Gasteiger partial charge in [-0.25, -0.2) is 0 Å². The third-order valence-corrected chi connectivity index (χ3v) is 3.61. The second-order valence-corrected chi connectivity index (χ2v) is 5.24. The van der Waals surface area contributed by atoms with Crippen molar-refractivity contribution in [1.29, 1.82) is 0 Å². The van der Waals surface area contributed by atoms with Crippen LogP contribution in [0.2, 0.25) is 0 Å². The van der Waals surface area contributed by atoms with Crippen molar-refractivity contribution in [3.63, 3.8) is 0 Å². The van der Waals surface area contributed by atoms with E-state index in [1.165, 1.54) is 16.7 Å². The molecular formula is C15H23NO2. The van der Waals surface area contributed by atoms with Crippen molar-refractivity contribution in [3.8, 4) is 0 Å². The summed E-state index contributed by atoms with van der Waals surface area (Å²) in [5.74, 6) is 0. The molecule has 1 atom stereocenters. The molecule has 0 spiro atoms. The molecule has 100 valence electrons. The molecular weight excluding hydrogens is 226 g/mol. The van der Waals surface area contributed by atoms with E-state index in [4.69, 9.17) is 4.74 Å². The van der Waals surface area contributed by atoms with Gasteiger partial charge in [-0.05, 0) is 37.5 Å². The highest BCUT2D eigenvalue weighted by Crippen LogP contribution is 2.24. The molecule has 3 nitrogen and oxygen atoms in total. The minimum atomic E-state index is -0.399. The van der Waals surface area contributed by atoms with Crippen LogP contribution < -0.4 is 0 Å². The van der Waals surface area contributed by atoms with Crippen LogP contribution in [0.15, 0.2) is 12.1 Å². The molecule has 3 heteroatoms. The maximum Gasteiger partial charge on any atom is 0.0922 e. The van der Waals surface area contributed by atoms with Gasteiger partial charge in [-0.1, -0.05) is 17.7 Å². The molecule has 0 saturated carbocycles. The van der Waals surface area contributed by atoms with Crippen molar-refractivity contribution in [2.45, 2.75) is 26.9 Å². The Morgan fingerprint density at radius 3 is 2.28 bits per heavy atom. The van der Waals surface area contributed by atoms with E-state index in [1.807, 2.05) is 0 Å². The second-order valence-electron chi connectivity index (χ2n) is 5.24. The molecule has 1 aliphatic rings. The van der Waals surface area contributed by atoms with Crippen molar-refractivity contribution in [2.24, 2.45) is 0 Å². The smallest absolute Gasteiger partial charge is 0.0922 e. The minimum Gasteiger partial charge on any atom is -0.387 e. The first kappa shape index (κ1) is 13.5. The van der Waals surface area contributed by atoms with Crippen LogP contribution in [0.5, 0.6) is 0 Å². The third-order valence-electron chi connectivity index (χ3n) is 3.61. The van der Waals surface area contributed by atoms with Crippen LogP contribution in [0.1, 0.15) is 28.4 Å². The van der Waals surface area contributed by atoms with Crippen molar-refractivity contribution in [2.75, 3.05) is 32.8 Å². The molecule has 1 aliphatic heterocycles. The topological polar surface area (TPSA) is 32.7 Å². The molecule has 0 radical (unpaired) electrons. The SMILES string of the molecule is Cc1cc(C)c(C(O)CN2CCOCC2)c(C)c1. The Morgan fingerprint density at radius 1 is 1.17 bits per heavy atom. The van der Waals surface area contributed by atoms with Gasteiger partial charge in [0.15, 0.2) is 0 Å². The number of β-amino-alcohol motifs (C(OH)–C–C–N with tert-alkyl or cyclic N) is 1. The van der Waals surface area contributed by atoms with E-state index in [1.54, 1.807) is 0 Å². The molecule has 0 aliphatic carbocycles. The molecule has 1 aromatic rings. The molecule has 1 fully saturated rings. The fourth-order valence-electron chi connectivity index (χ4n) is 2.84. The predicted octanol–water partition coefficient (Wildman–Crippen LogP) is 1.98. The predicted molar refractivity (Wildman–Crippen MR) is 72.9 cm³/mol. The number of morpholine rings is 1. The minimum absolute atomic E-state index is 0.399. The Labute approximate surface area is 109 Å². The van der Waals surface area contributed by atoms with E-state index >= 15 is 0 Å². The van der Waals surface area contributed by atoms with Crippen molar-refractivity contribution in [1.82, 2.24) is 4.90 Å². The molecule has 1 N–H and O–H groups in total. The highest BCUT2D eigenvalue weighted by Gasteiger charge is 2.19. The Balaban J connectivity index is 2.10. The highest BCUT2D eigenvalue weighted by atomic mass is 16.5. The van der Waals surface area contributed by atoms with Gasteiger partial charge in [0.1, 0.15) is 0 Å². The highest BCUT2D eigenvalue weighted by molar-refractivity contribution is 5.39. The summed E-state index contributed by atoms with van der Waals surface area (Å²) < 4.78 is 5.33. The fourth-order valence-corrected chi connectivity index (χ4v) is 2.84. The summed E-state index contributed by atoms with van der Waals surface area (Å²) >= 11 is 0. The summed E-state index contributed by atoms with van der Waals surface area (Å²) in [7, 11) is 0. The second kappa shape index (κ2) is 5.83. The van der Waals surface area contributed by atoms with Crippen LogP contribution >= 0.6 is 0 Å². The van der Waals surface area contributed by atoms with Crippen LogP contribution in [0.25, 0.3) is 0 Å². The molecule has 0 aromatic heterocycles. The number of hydrogen-bond acceptors (Lipinski definition) is 3. The molecule has 1 aromatic carbocycles. The lowest BCUT2D eigenvalue weighted by Gasteiger charge is -2.29. The molecule has 2 rings (SSSR count). The van der Waals surface area contributed by atoms with Gasteiger partial charge in [0.05, 0.1) is 19.3 Å². The summed E-state index contributed by atoms with van der Waals surface area (Å²) in [6, 6.07) is 4.29. The number of rotatable bonds is 3. The Morgan fingerprint density at radius 2 is 1.72 bits per heavy atom. The average molecular weight is 249 g/mol. The van der Waals surface area contributed by atoms with Gasteiger partial charge in [-0.3, -0.25) is 4.90 Å². The number of benzene rings is 1. The lowest BCUT2D eigenvalue weighted by molar-refractivity contribution is 0.0141. The maximum absolute atomic E-state index is 10.4. The quantitative estimate of drug-likeness (QED) is 0.889. The van der Waals surface area contributed by atoms with E-state index in [-0.39, 0.29) is 0 Å². The average Bonchev–Trinajstić information content (AvgIpc) is 2.28. The molecule has 1 heterocycles. The standard InChI is InChI=1S/C15H23NO2/c1-11-8-12(2)15(13(3)9-11)14(17)10-16-4-6-18-7-5-16/h8-9,14,17H,4-7,10H2,1-3H3. The van der Waals surface area contributed by atoms with E-state index < -0.39 is 6.10 Å². The van der Waals surface area contributed by atoms with Crippen molar-refractivity contribution >= 4 is 0 Å². The largest absolute Gasteiger partial charge is 0.387 e. The van der Waals surface area contributed by atoms with Gasteiger partial charge in [0.2, 0.25) is 0 Å². The molecule has 1 unspecified atom stereocenters. The van der Waals surface area contributed by atoms with Crippen LogP contribution in [0, 0.1) is 20.8 Å². The summed E-state index contributed by atoms with van der Waals surface area (Å²) in [5, 5.41) is 10.4. The number of aryl methyl sites for hydroxylation is 3. The van der Waals surface area contributed by atoms with Crippen molar-refractivity contribution < 1.29 is 9.84 Å². The lowest BCUT2D eigenvalue weighted by atomic mass is 9.95. The van der Waals surface area contributed by atoms with Gasteiger partial charge in [-0.2, -0.15) is 0 Å². The Hall–Kier alpha value is -0.900. The van der Waals surface area contributed by atoms with Crippen molar-refractivity contribution in [3.05, 3.63) is 34.4 Å². The van der Waals surface area contributed by atoms with Gasteiger partial charge in [-0.15, -0.1) is 0 Å².